The quantitative estimate of drug-likeness (QED) is 0.886. The number of aromatic hydroxyl groups is 1. The predicted octanol–water partition coefficient (Wildman–Crippen LogP) is 3.40. The van der Waals surface area contributed by atoms with Crippen LogP contribution in [-0.2, 0) is 12.8 Å². The number of phenols is 1. The molecule has 0 saturated carbocycles. The van der Waals surface area contributed by atoms with Gasteiger partial charge in [-0.1, -0.05) is 13.0 Å². The first-order valence-electron chi connectivity index (χ1n) is 9.66. The lowest BCUT2D eigenvalue weighted by molar-refractivity contribution is 0.211. The summed E-state index contributed by atoms with van der Waals surface area (Å²) in [5, 5.41) is 23.1. The third kappa shape index (κ3) is 3.16. The van der Waals surface area contributed by atoms with Gasteiger partial charge in [0.15, 0.2) is 0 Å². The van der Waals surface area contributed by atoms with Gasteiger partial charge in [-0.25, -0.2) is 0 Å². The molecule has 0 spiro atoms. The summed E-state index contributed by atoms with van der Waals surface area (Å²) in [6.45, 7) is 6.51. The van der Waals surface area contributed by atoms with Crippen molar-refractivity contribution < 1.29 is 5.11 Å². The Balaban J connectivity index is 1.59. The highest BCUT2D eigenvalue weighted by atomic mass is 16.3. The monoisotopic (exact) mass is 352 g/mol. The third-order valence-corrected chi connectivity index (χ3v) is 5.99. The minimum atomic E-state index is 0.389. The van der Waals surface area contributed by atoms with Gasteiger partial charge >= 0.3 is 0 Å². The van der Waals surface area contributed by atoms with Crippen molar-refractivity contribution in [3.05, 3.63) is 34.9 Å². The van der Waals surface area contributed by atoms with Crippen molar-refractivity contribution in [3.63, 3.8) is 0 Å². The number of hydrogen-bond acceptors (Lipinski definition) is 5. The largest absolute Gasteiger partial charge is 0.507 e. The highest BCUT2D eigenvalue weighted by Crippen LogP contribution is 2.38. The number of rotatable bonds is 3. The average molecular weight is 352 g/mol. The molecular formula is C21H28N4O. The van der Waals surface area contributed by atoms with Gasteiger partial charge in [0.2, 0.25) is 0 Å². The van der Waals surface area contributed by atoms with E-state index in [0.717, 1.165) is 60.6 Å². The molecule has 2 heterocycles. The molecule has 0 amide bonds. The van der Waals surface area contributed by atoms with E-state index in [4.69, 9.17) is 0 Å². The number of benzene rings is 1. The van der Waals surface area contributed by atoms with Gasteiger partial charge in [-0.05, 0) is 80.9 Å². The van der Waals surface area contributed by atoms with Crippen molar-refractivity contribution in [2.75, 3.05) is 25.5 Å². The Morgan fingerprint density at radius 1 is 1.23 bits per heavy atom. The van der Waals surface area contributed by atoms with E-state index in [0.29, 0.717) is 17.7 Å². The maximum atomic E-state index is 10.7. The molecule has 0 radical (unpaired) electrons. The first kappa shape index (κ1) is 17.3. The van der Waals surface area contributed by atoms with Crippen LogP contribution in [0.25, 0.3) is 11.3 Å². The van der Waals surface area contributed by atoms with Gasteiger partial charge in [0.05, 0.1) is 5.69 Å². The van der Waals surface area contributed by atoms with E-state index in [2.05, 4.69) is 46.5 Å². The second-order valence-corrected chi connectivity index (χ2v) is 7.99. The van der Waals surface area contributed by atoms with Gasteiger partial charge in [0.25, 0.3) is 0 Å². The molecular weight excluding hydrogens is 324 g/mol. The summed E-state index contributed by atoms with van der Waals surface area (Å²) < 4.78 is 0. The molecule has 1 aliphatic carbocycles. The Bertz CT molecular complexity index is 820. The van der Waals surface area contributed by atoms with Gasteiger partial charge in [-0.15, -0.1) is 10.2 Å². The van der Waals surface area contributed by atoms with Crippen molar-refractivity contribution >= 4 is 5.82 Å². The zero-order chi connectivity index (χ0) is 18.3. The van der Waals surface area contributed by atoms with Gasteiger partial charge in [-0.2, -0.15) is 0 Å². The maximum Gasteiger partial charge on any atom is 0.149 e. The molecule has 1 aromatic carbocycles. The molecule has 2 N–H and O–H groups in total. The van der Waals surface area contributed by atoms with Crippen LogP contribution < -0.4 is 5.32 Å². The fourth-order valence-corrected chi connectivity index (χ4v) is 4.27. The standard InChI is InChI=1S/C21H28N4O/c1-13-9-10-25(3)12-18(13)22-19-11-14(2)20(24-23-19)17-8-7-15-5-4-6-16(15)21(17)26/h7-8,11,13,18,26H,4-6,9-10,12H2,1-3H3,(H,22,23)/t13-,18-/m0/s1. The van der Waals surface area contributed by atoms with Gasteiger partial charge in [0.1, 0.15) is 11.6 Å². The molecule has 138 valence electrons. The lowest BCUT2D eigenvalue weighted by Crippen LogP contribution is -2.45. The van der Waals surface area contributed by atoms with Gasteiger partial charge < -0.3 is 15.3 Å². The van der Waals surface area contributed by atoms with E-state index in [-0.39, 0.29) is 0 Å². The van der Waals surface area contributed by atoms with E-state index in [9.17, 15) is 5.11 Å². The topological polar surface area (TPSA) is 61.3 Å². The molecule has 5 nitrogen and oxygen atoms in total. The summed E-state index contributed by atoms with van der Waals surface area (Å²) in [6.07, 6.45) is 4.33. The third-order valence-electron chi connectivity index (χ3n) is 5.99. The molecule has 0 unspecified atom stereocenters. The number of likely N-dealkylation sites (tertiary alicyclic amines) is 1. The Kier molecular flexibility index (Phi) is 4.57. The lowest BCUT2D eigenvalue weighted by Gasteiger charge is -2.35. The van der Waals surface area contributed by atoms with E-state index in [1.165, 1.54) is 12.0 Å². The number of anilines is 1. The molecule has 2 aromatic rings. The molecule has 2 atom stereocenters. The van der Waals surface area contributed by atoms with Gasteiger partial charge in [-0.3, -0.25) is 0 Å². The number of nitrogens with one attached hydrogen (secondary N) is 1. The number of phenolic OH excluding ortho intramolecular Hbond substituents is 1. The van der Waals surface area contributed by atoms with Crippen molar-refractivity contribution in [1.29, 1.82) is 0 Å². The van der Waals surface area contributed by atoms with Crippen LogP contribution in [0.3, 0.4) is 0 Å². The second-order valence-electron chi connectivity index (χ2n) is 7.99. The Labute approximate surface area is 155 Å². The maximum absolute atomic E-state index is 10.7. The summed E-state index contributed by atoms with van der Waals surface area (Å²) in [5.41, 5.74) is 4.97. The Hall–Kier alpha value is -2.14. The molecule has 1 aromatic heterocycles. The van der Waals surface area contributed by atoms with Crippen molar-refractivity contribution in [2.45, 2.75) is 45.6 Å². The predicted molar refractivity (Wildman–Crippen MR) is 105 cm³/mol. The van der Waals surface area contributed by atoms with Crippen LogP contribution in [0.4, 0.5) is 5.82 Å². The summed E-state index contributed by atoms with van der Waals surface area (Å²) in [5.74, 6) is 1.83. The number of piperidine rings is 1. The van der Waals surface area contributed by atoms with Crippen LogP contribution in [0.15, 0.2) is 18.2 Å². The Morgan fingerprint density at radius 3 is 2.88 bits per heavy atom. The second kappa shape index (κ2) is 6.88. The number of likely N-dealkylation sites (N-methyl/N-ethyl adjacent to an activating group) is 1. The van der Waals surface area contributed by atoms with Crippen molar-refractivity contribution in [1.82, 2.24) is 15.1 Å². The van der Waals surface area contributed by atoms with E-state index in [1.54, 1.807) is 0 Å². The van der Waals surface area contributed by atoms with Crippen LogP contribution in [0.2, 0.25) is 0 Å². The molecule has 1 aliphatic heterocycles. The minimum absolute atomic E-state index is 0.389. The first-order chi connectivity index (χ1) is 12.5. The smallest absolute Gasteiger partial charge is 0.149 e. The molecule has 5 heteroatoms. The van der Waals surface area contributed by atoms with Crippen LogP contribution >= 0.6 is 0 Å². The number of aromatic nitrogens is 2. The fraction of sp³-hybridized carbons (Fsp3) is 0.524. The first-order valence-corrected chi connectivity index (χ1v) is 9.66. The highest BCUT2D eigenvalue weighted by molar-refractivity contribution is 5.73. The van der Waals surface area contributed by atoms with Crippen LogP contribution in [0.1, 0.15) is 36.5 Å². The van der Waals surface area contributed by atoms with Crippen LogP contribution in [-0.4, -0.2) is 46.4 Å². The summed E-state index contributed by atoms with van der Waals surface area (Å²) in [4.78, 5) is 2.36. The zero-order valence-corrected chi connectivity index (χ0v) is 15.9. The van der Waals surface area contributed by atoms with Crippen LogP contribution in [0.5, 0.6) is 5.75 Å². The molecule has 26 heavy (non-hydrogen) atoms. The highest BCUT2D eigenvalue weighted by Gasteiger charge is 2.25. The lowest BCUT2D eigenvalue weighted by atomic mass is 9.94. The van der Waals surface area contributed by atoms with Gasteiger partial charge in [0, 0.05) is 18.2 Å². The number of hydrogen-bond donors (Lipinski definition) is 2. The fourth-order valence-electron chi connectivity index (χ4n) is 4.27. The molecule has 0 bridgehead atoms. The number of fused-ring (bicyclic) bond motifs is 1. The van der Waals surface area contributed by atoms with Crippen molar-refractivity contribution in [3.8, 4) is 17.0 Å². The molecule has 2 aliphatic rings. The molecule has 4 rings (SSSR count). The van der Waals surface area contributed by atoms with Crippen molar-refractivity contribution in [2.24, 2.45) is 5.92 Å². The summed E-state index contributed by atoms with van der Waals surface area (Å²) >= 11 is 0. The Morgan fingerprint density at radius 2 is 2.08 bits per heavy atom. The van der Waals surface area contributed by atoms with E-state index < -0.39 is 0 Å². The normalized spacial score (nSPS) is 23.0. The average Bonchev–Trinajstić information content (AvgIpc) is 3.09. The number of nitrogens with zero attached hydrogens (tertiary/aromatic N) is 3. The molecule has 1 fully saturated rings. The number of aryl methyl sites for hydroxylation is 2. The van der Waals surface area contributed by atoms with E-state index in [1.807, 2.05) is 13.0 Å². The SMILES string of the molecule is Cc1cc(N[C@H]2CN(C)CC[C@@H]2C)nnc1-c1ccc2c(c1O)CCC2. The summed E-state index contributed by atoms with van der Waals surface area (Å²) in [7, 11) is 2.16. The molecule has 1 saturated heterocycles. The summed E-state index contributed by atoms with van der Waals surface area (Å²) in [6, 6.07) is 6.56. The minimum Gasteiger partial charge on any atom is -0.507 e. The zero-order valence-electron chi connectivity index (χ0n) is 15.9. The van der Waals surface area contributed by atoms with E-state index >= 15 is 0 Å². The van der Waals surface area contributed by atoms with Crippen LogP contribution in [0, 0.1) is 12.8 Å².